The van der Waals surface area contributed by atoms with Gasteiger partial charge >= 0.3 is 0 Å². The predicted molar refractivity (Wildman–Crippen MR) is 70.8 cm³/mol. The van der Waals surface area contributed by atoms with Gasteiger partial charge in [0.2, 0.25) is 5.75 Å². The Morgan fingerprint density at radius 2 is 2.00 bits per heavy atom. The van der Waals surface area contributed by atoms with Gasteiger partial charge in [-0.1, -0.05) is 6.07 Å². The molecule has 2 aromatic rings. The number of nitrogens with zero attached hydrogens (tertiary/aromatic N) is 1. The van der Waals surface area contributed by atoms with Gasteiger partial charge in [-0.15, -0.1) is 11.3 Å². The Morgan fingerprint density at radius 1 is 1.21 bits per heavy atom. The van der Waals surface area contributed by atoms with Crippen molar-refractivity contribution in [2.45, 2.75) is 0 Å². The van der Waals surface area contributed by atoms with Gasteiger partial charge in [0.15, 0.2) is 11.5 Å². The smallest absolute Gasteiger partial charge is 0.281 e. The van der Waals surface area contributed by atoms with Crippen molar-refractivity contribution in [2.75, 3.05) is 0 Å². The maximum Gasteiger partial charge on any atom is 0.281 e. The average Bonchev–Trinajstić information content (AvgIpc) is 2.92. The molecular formula is C12H10N2O4S. The highest BCUT2D eigenvalue weighted by atomic mass is 32.1. The monoisotopic (exact) mass is 278 g/mol. The SMILES string of the molecule is O=C(N/N=C/c1ccc(O)c(O)c1O)c1cccs1. The Kier molecular flexibility index (Phi) is 3.67. The third-order valence-corrected chi connectivity index (χ3v) is 3.14. The van der Waals surface area contributed by atoms with Gasteiger partial charge in [0.1, 0.15) is 0 Å². The number of phenols is 3. The maximum absolute atomic E-state index is 11.5. The Balaban J connectivity index is 2.08. The van der Waals surface area contributed by atoms with E-state index in [9.17, 15) is 15.0 Å². The van der Waals surface area contributed by atoms with Crippen LogP contribution in [0.5, 0.6) is 17.2 Å². The second-order valence-corrected chi connectivity index (χ2v) is 4.50. The van der Waals surface area contributed by atoms with E-state index in [1.807, 2.05) is 0 Å². The molecule has 0 atom stereocenters. The number of benzene rings is 1. The van der Waals surface area contributed by atoms with Gasteiger partial charge in [0.05, 0.1) is 11.1 Å². The van der Waals surface area contributed by atoms with Crippen molar-refractivity contribution in [3.05, 3.63) is 40.1 Å². The molecule has 0 spiro atoms. The number of hydrazone groups is 1. The lowest BCUT2D eigenvalue weighted by molar-refractivity contribution is 0.0959. The second kappa shape index (κ2) is 5.40. The lowest BCUT2D eigenvalue weighted by atomic mass is 10.2. The maximum atomic E-state index is 11.5. The number of hydrogen-bond donors (Lipinski definition) is 4. The number of hydrogen-bond acceptors (Lipinski definition) is 6. The normalized spacial score (nSPS) is 10.7. The molecule has 1 aromatic heterocycles. The van der Waals surface area contributed by atoms with Crippen LogP contribution >= 0.6 is 11.3 Å². The van der Waals surface area contributed by atoms with E-state index in [1.165, 1.54) is 29.7 Å². The molecule has 0 bridgehead atoms. The Labute approximate surface area is 112 Å². The summed E-state index contributed by atoms with van der Waals surface area (Å²) in [5.74, 6) is -1.94. The molecule has 0 fully saturated rings. The third kappa shape index (κ3) is 2.83. The quantitative estimate of drug-likeness (QED) is 0.389. The van der Waals surface area contributed by atoms with E-state index in [2.05, 4.69) is 10.5 Å². The van der Waals surface area contributed by atoms with Crippen LogP contribution < -0.4 is 5.43 Å². The van der Waals surface area contributed by atoms with Crippen LogP contribution in [0.15, 0.2) is 34.7 Å². The average molecular weight is 278 g/mol. The van der Waals surface area contributed by atoms with Gasteiger partial charge in [-0.3, -0.25) is 4.79 Å². The second-order valence-electron chi connectivity index (χ2n) is 3.55. The lowest BCUT2D eigenvalue weighted by Crippen LogP contribution is -2.16. The molecule has 0 saturated carbocycles. The zero-order chi connectivity index (χ0) is 13.8. The van der Waals surface area contributed by atoms with Crippen LogP contribution in [0.4, 0.5) is 0 Å². The molecule has 0 saturated heterocycles. The molecule has 7 heteroatoms. The number of nitrogens with one attached hydrogen (secondary N) is 1. The molecule has 2 rings (SSSR count). The van der Waals surface area contributed by atoms with E-state index in [-0.39, 0.29) is 11.5 Å². The first-order valence-electron chi connectivity index (χ1n) is 5.20. The molecule has 0 aliphatic heterocycles. The Hall–Kier alpha value is -2.54. The summed E-state index contributed by atoms with van der Waals surface area (Å²) in [7, 11) is 0. The number of rotatable bonds is 3. The predicted octanol–water partition coefficient (Wildman–Crippen LogP) is 1.63. The van der Waals surface area contributed by atoms with Gasteiger partial charge in [0, 0.05) is 5.56 Å². The van der Waals surface area contributed by atoms with Crippen molar-refractivity contribution >= 4 is 23.5 Å². The van der Waals surface area contributed by atoms with Crippen molar-refractivity contribution < 1.29 is 20.1 Å². The summed E-state index contributed by atoms with van der Waals surface area (Å²) in [5.41, 5.74) is 2.45. The summed E-state index contributed by atoms with van der Waals surface area (Å²) in [6, 6.07) is 5.95. The molecule has 0 aliphatic carbocycles. The lowest BCUT2D eigenvalue weighted by Gasteiger charge is -2.03. The van der Waals surface area contributed by atoms with Crippen molar-refractivity contribution in [3.8, 4) is 17.2 Å². The van der Waals surface area contributed by atoms with E-state index in [4.69, 9.17) is 5.11 Å². The fourth-order valence-electron chi connectivity index (χ4n) is 1.31. The van der Waals surface area contributed by atoms with Gasteiger partial charge in [-0.25, -0.2) is 5.43 Å². The van der Waals surface area contributed by atoms with E-state index in [0.29, 0.717) is 4.88 Å². The molecule has 1 aromatic carbocycles. The number of thiophene rings is 1. The van der Waals surface area contributed by atoms with Crippen molar-refractivity contribution in [1.82, 2.24) is 5.43 Å². The number of amides is 1. The standard InChI is InChI=1S/C12H10N2O4S/c15-8-4-3-7(10(16)11(8)17)6-13-14-12(18)9-2-1-5-19-9/h1-6,15-17H,(H,14,18)/b13-6+. The molecule has 4 N–H and O–H groups in total. The zero-order valence-corrected chi connectivity index (χ0v) is 10.4. The minimum atomic E-state index is -0.631. The number of aromatic hydroxyl groups is 3. The number of phenolic OH excluding ortho intramolecular Hbond substituents is 3. The largest absolute Gasteiger partial charge is 0.504 e. The first kappa shape index (κ1) is 12.9. The van der Waals surface area contributed by atoms with Gasteiger partial charge in [-0.05, 0) is 23.6 Å². The third-order valence-electron chi connectivity index (χ3n) is 2.28. The molecule has 19 heavy (non-hydrogen) atoms. The summed E-state index contributed by atoms with van der Waals surface area (Å²) in [5, 5.41) is 33.4. The van der Waals surface area contributed by atoms with E-state index in [1.54, 1.807) is 17.5 Å². The van der Waals surface area contributed by atoms with Crippen LogP contribution in [0.1, 0.15) is 15.2 Å². The highest BCUT2D eigenvalue weighted by Crippen LogP contribution is 2.36. The molecule has 1 heterocycles. The molecule has 0 radical (unpaired) electrons. The van der Waals surface area contributed by atoms with Crippen LogP contribution in [-0.2, 0) is 0 Å². The van der Waals surface area contributed by atoms with Crippen molar-refractivity contribution in [2.24, 2.45) is 5.10 Å². The van der Waals surface area contributed by atoms with Crippen molar-refractivity contribution in [3.63, 3.8) is 0 Å². The molecule has 6 nitrogen and oxygen atoms in total. The molecule has 0 aliphatic rings. The molecule has 1 amide bonds. The Morgan fingerprint density at radius 3 is 2.68 bits per heavy atom. The Bertz CT molecular complexity index is 623. The fourth-order valence-corrected chi connectivity index (χ4v) is 1.93. The fraction of sp³-hybridized carbons (Fsp3) is 0. The van der Waals surface area contributed by atoms with E-state index >= 15 is 0 Å². The summed E-state index contributed by atoms with van der Waals surface area (Å²) >= 11 is 1.28. The van der Waals surface area contributed by atoms with Crippen LogP contribution in [0.2, 0.25) is 0 Å². The molecular weight excluding hydrogens is 268 g/mol. The van der Waals surface area contributed by atoms with Crippen LogP contribution in [0.25, 0.3) is 0 Å². The van der Waals surface area contributed by atoms with Gasteiger partial charge < -0.3 is 15.3 Å². The molecule has 0 unspecified atom stereocenters. The van der Waals surface area contributed by atoms with Crippen molar-refractivity contribution in [1.29, 1.82) is 0 Å². The minimum absolute atomic E-state index is 0.168. The van der Waals surface area contributed by atoms with Gasteiger partial charge in [-0.2, -0.15) is 5.10 Å². The number of carbonyl (C=O) groups excluding carboxylic acids is 1. The molecule has 98 valence electrons. The number of carbonyl (C=O) groups is 1. The first-order valence-corrected chi connectivity index (χ1v) is 6.08. The first-order chi connectivity index (χ1) is 9.09. The van der Waals surface area contributed by atoms with Gasteiger partial charge in [0.25, 0.3) is 5.91 Å². The highest BCUT2D eigenvalue weighted by molar-refractivity contribution is 7.12. The van der Waals surface area contributed by atoms with Crippen LogP contribution in [-0.4, -0.2) is 27.4 Å². The highest BCUT2D eigenvalue weighted by Gasteiger charge is 2.09. The zero-order valence-electron chi connectivity index (χ0n) is 9.57. The minimum Gasteiger partial charge on any atom is -0.504 e. The van der Waals surface area contributed by atoms with Crippen LogP contribution in [0, 0.1) is 0 Å². The summed E-state index contributed by atoms with van der Waals surface area (Å²) in [4.78, 5) is 12.0. The van der Waals surface area contributed by atoms with E-state index < -0.39 is 17.2 Å². The van der Waals surface area contributed by atoms with Crippen LogP contribution in [0.3, 0.4) is 0 Å². The summed E-state index contributed by atoms with van der Waals surface area (Å²) in [6.07, 6.45) is 1.17. The topological polar surface area (TPSA) is 102 Å². The summed E-state index contributed by atoms with van der Waals surface area (Å²) in [6.45, 7) is 0. The van der Waals surface area contributed by atoms with E-state index in [0.717, 1.165) is 0 Å². The summed E-state index contributed by atoms with van der Waals surface area (Å²) < 4.78 is 0.